The van der Waals surface area contributed by atoms with Crippen LogP contribution in [0.3, 0.4) is 0 Å². The monoisotopic (exact) mass is 237 g/mol. The molecule has 1 aliphatic rings. The third kappa shape index (κ3) is 3.41. The van der Waals surface area contributed by atoms with Gasteiger partial charge in [-0.05, 0) is 37.0 Å². The minimum absolute atomic E-state index is 0.0677. The summed E-state index contributed by atoms with van der Waals surface area (Å²) in [7, 11) is 0. The highest BCUT2D eigenvalue weighted by Crippen LogP contribution is 2.08. The van der Waals surface area contributed by atoms with Crippen LogP contribution in [0.2, 0.25) is 0 Å². The normalized spacial score (nSPS) is 15.7. The number of amides is 2. The number of hydrogen-bond acceptors (Lipinski definition) is 2. The predicted octanol–water partition coefficient (Wildman–Crippen LogP) is 1.92. The maximum absolute atomic E-state index is 12.8. The first-order chi connectivity index (χ1) is 8.25. The van der Waals surface area contributed by atoms with Crippen molar-refractivity contribution in [3.8, 4) is 0 Å². The van der Waals surface area contributed by atoms with Crippen molar-refractivity contribution >= 4 is 6.03 Å². The molecule has 2 rings (SSSR count). The molecular weight excluding hydrogens is 221 g/mol. The van der Waals surface area contributed by atoms with Crippen molar-refractivity contribution < 1.29 is 9.18 Å². The second-order valence-electron chi connectivity index (χ2n) is 4.19. The molecule has 1 saturated heterocycles. The molecule has 1 aliphatic heterocycles. The SMILES string of the molecule is O=C(NCc1ccnc(F)c1)N1CCCCC1. The molecule has 0 radical (unpaired) electrons. The van der Waals surface area contributed by atoms with E-state index in [4.69, 9.17) is 0 Å². The van der Waals surface area contributed by atoms with Crippen LogP contribution >= 0.6 is 0 Å². The molecule has 4 nitrogen and oxygen atoms in total. The van der Waals surface area contributed by atoms with E-state index in [9.17, 15) is 9.18 Å². The number of pyridine rings is 1. The van der Waals surface area contributed by atoms with Gasteiger partial charge >= 0.3 is 6.03 Å². The lowest BCUT2D eigenvalue weighted by Crippen LogP contribution is -2.42. The Bertz CT molecular complexity index is 391. The van der Waals surface area contributed by atoms with Crippen molar-refractivity contribution in [1.82, 2.24) is 15.2 Å². The van der Waals surface area contributed by atoms with E-state index in [1.54, 1.807) is 11.0 Å². The van der Waals surface area contributed by atoms with Crippen LogP contribution < -0.4 is 5.32 Å². The number of likely N-dealkylation sites (tertiary alicyclic amines) is 1. The van der Waals surface area contributed by atoms with Gasteiger partial charge in [0.15, 0.2) is 0 Å². The van der Waals surface area contributed by atoms with Crippen molar-refractivity contribution in [2.24, 2.45) is 0 Å². The zero-order valence-electron chi connectivity index (χ0n) is 9.66. The van der Waals surface area contributed by atoms with E-state index in [1.165, 1.54) is 18.7 Å². The fraction of sp³-hybridized carbons (Fsp3) is 0.500. The molecule has 0 unspecified atom stereocenters. The first kappa shape index (κ1) is 11.8. The van der Waals surface area contributed by atoms with E-state index in [2.05, 4.69) is 10.3 Å². The summed E-state index contributed by atoms with van der Waals surface area (Å²) in [4.78, 5) is 17.0. The van der Waals surface area contributed by atoms with Gasteiger partial charge in [0.05, 0.1) is 0 Å². The Labute approximate surface area is 99.8 Å². The number of rotatable bonds is 2. The maximum atomic E-state index is 12.8. The first-order valence-corrected chi connectivity index (χ1v) is 5.89. The Hall–Kier alpha value is -1.65. The lowest BCUT2D eigenvalue weighted by Gasteiger charge is -2.26. The van der Waals surface area contributed by atoms with Gasteiger partial charge in [-0.25, -0.2) is 9.78 Å². The average molecular weight is 237 g/mol. The van der Waals surface area contributed by atoms with Crippen molar-refractivity contribution in [3.63, 3.8) is 0 Å². The van der Waals surface area contributed by atoms with Crippen LogP contribution in [0.15, 0.2) is 18.3 Å². The maximum Gasteiger partial charge on any atom is 0.317 e. The smallest absolute Gasteiger partial charge is 0.317 e. The molecular formula is C12H16FN3O. The highest BCUT2D eigenvalue weighted by atomic mass is 19.1. The molecule has 1 aromatic rings. The molecule has 0 aromatic carbocycles. The summed E-state index contributed by atoms with van der Waals surface area (Å²) in [5.41, 5.74) is 0.725. The molecule has 5 heteroatoms. The summed E-state index contributed by atoms with van der Waals surface area (Å²) in [6.45, 7) is 1.97. The third-order valence-electron chi connectivity index (χ3n) is 2.88. The van der Waals surface area contributed by atoms with Gasteiger partial charge in [0.25, 0.3) is 0 Å². The zero-order chi connectivity index (χ0) is 12.1. The van der Waals surface area contributed by atoms with Gasteiger partial charge in [-0.3, -0.25) is 0 Å². The molecule has 1 fully saturated rings. The number of aromatic nitrogens is 1. The van der Waals surface area contributed by atoms with Crippen molar-refractivity contribution in [2.75, 3.05) is 13.1 Å². The molecule has 17 heavy (non-hydrogen) atoms. The molecule has 1 aromatic heterocycles. The molecule has 0 saturated carbocycles. The first-order valence-electron chi connectivity index (χ1n) is 5.89. The van der Waals surface area contributed by atoms with Crippen molar-refractivity contribution in [2.45, 2.75) is 25.8 Å². The molecule has 0 spiro atoms. The van der Waals surface area contributed by atoms with Crippen molar-refractivity contribution in [3.05, 3.63) is 29.8 Å². The minimum atomic E-state index is -0.519. The van der Waals surface area contributed by atoms with Crippen LogP contribution in [0.4, 0.5) is 9.18 Å². The molecule has 2 heterocycles. The Kier molecular flexibility index (Phi) is 3.90. The number of piperidine rings is 1. The average Bonchev–Trinajstić information content (AvgIpc) is 2.37. The second kappa shape index (κ2) is 5.61. The number of nitrogens with one attached hydrogen (secondary N) is 1. The lowest BCUT2D eigenvalue weighted by molar-refractivity contribution is 0.186. The van der Waals surface area contributed by atoms with Gasteiger partial charge < -0.3 is 10.2 Å². The number of nitrogens with zero attached hydrogens (tertiary/aromatic N) is 2. The van der Waals surface area contributed by atoms with Gasteiger partial charge in [-0.15, -0.1) is 0 Å². The zero-order valence-corrected chi connectivity index (χ0v) is 9.66. The third-order valence-corrected chi connectivity index (χ3v) is 2.88. The molecule has 1 N–H and O–H groups in total. The van der Waals surface area contributed by atoms with Crippen LogP contribution in [0.5, 0.6) is 0 Å². The van der Waals surface area contributed by atoms with Gasteiger partial charge in [0, 0.05) is 25.8 Å². The van der Waals surface area contributed by atoms with E-state index >= 15 is 0 Å². The highest BCUT2D eigenvalue weighted by Gasteiger charge is 2.15. The molecule has 92 valence electrons. The van der Waals surface area contributed by atoms with Gasteiger partial charge in [0.1, 0.15) is 0 Å². The number of carbonyl (C=O) groups excluding carboxylic acids is 1. The number of urea groups is 1. The van der Waals surface area contributed by atoms with E-state index in [1.807, 2.05) is 0 Å². The van der Waals surface area contributed by atoms with E-state index in [-0.39, 0.29) is 6.03 Å². The summed E-state index contributed by atoms with van der Waals surface area (Å²) in [6.07, 6.45) is 4.73. The van der Waals surface area contributed by atoms with Gasteiger partial charge in [0.2, 0.25) is 5.95 Å². The fourth-order valence-electron chi connectivity index (χ4n) is 1.94. The summed E-state index contributed by atoms with van der Waals surface area (Å²) < 4.78 is 12.8. The van der Waals surface area contributed by atoms with Gasteiger partial charge in [-0.2, -0.15) is 4.39 Å². The number of carbonyl (C=O) groups is 1. The van der Waals surface area contributed by atoms with Gasteiger partial charge in [-0.1, -0.05) is 0 Å². The van der Waals surface area contributed by atoms with E-state index in [0.717, 1.165) is 31.5 Å². The second-order valence-corrected chi connectivity index (χ2v) is 4.19. The van der Waals surface area contributed by atoms with Crippen LogP contribution in [0.1, 0.15) is 24.8 Å². The molecule has 0 bridgehead atoms. The topological polar surface area (TPSA) is 45.2 Å². The van der Waals surface area contributed by atoms with E-state index in [0.29, 0.717) is 6.54 Å². The Morgan fingerprint density at radius 2 is 2.18 bits per heavy atom. The number of halogens is 1. The predicted molar refractivity (Wildman–Crippen MR) is 61.9 cm³/mol. The van der Waals surface area contributed by atoms with Crippen LogP contribution in [-0.2, 0) is 6.54 Å². The van der Waals surface area contributed by atoms with Crippen LogP contribution in [-0.4, -0.2) is 29.0 Å². The van der Waals surface area contributed by atoms with E-state index < -0.39 is 5.95 Å². The quantitative estimate of drug-likeness (QED) is 0.799. The Morgan fingerprint density at radius 1 is 1.41 bits per heavy atom. The minimum Gasteiger partial charge on any atom is -0.334 e. The summed E-state index contributed by atoms with van der Waals surface area (Å²) >= 11 is 0. The Morgan fingerprint density at radius 3 is 2.88 bits per heavy atom. The summed E-state index contributed by atoms with van der Waals surface area (Å²) in [5, 5.41) is 2.79. The summed E-state index contributed by atoms with van der Waals surface area (Å²) in [6, 6.07) is 2.96. The van der Waals surface area contributed by atoms with Crippen LogP contribution in [0.25, 0.3) is 0 Å². The largest absolute Gasteiger partial charge is 0.334 e. The standard InChI is InChI=1S/C12H16FN3O/c13-11-8-10(4-5-14-11)9-15-12(17)16-6-2-1-3-7-16/h4-5,8H,1-3,6-7,9H2,(H,15,17). The fourth-order valence-corrected chi connectivity index (χ4v) is 1.94. The molecule has 0 atom stereocenters. The highest BCUT2D eigenvalue weighted by molar-refractivity contribution is 5.74. The number of hydrogen-bond donors (Lipinski definition) is 1. The molecule has 0 aliphatic carbocycles. The molecule has 2 amide bonds. The lowest BCUT2D eigenvalue weighted by atomic mass is 10.1. The van der Waals surface area contributed by atoms with Crippen LogP contribution in [0, 0.1) is 5.95 Å². The Balaban J connectivity index is 1.83. The summed E-state index contributed by atoms with van der Waals surface area (Å²) in [5.74, 6) is -0.519. The van der Waals surface area contributed by atoms with Crippen molar-refractivity contribution in [1.29, 1.82) is 0 Å².